The van der Waals surface area contributed by atoms with Crippen LogP contribution in [0.3, 0.4) is 0 Å². The molecule has 8 rings (SSSR count). The van der Waals surface area contributed by atoms with Crippen LogP contribution in [-0.4, -0.2) is 0 Å². The van der Waals surface area contributed by atoms with Crippen LogP contribution in [0, 0.1) is 27.7 Å². The van der Waals surface area contributed by atoms with E-state index in [1.54, 1.807) is 0 Å². The zero-order valence-corrected chi connectivity index (χ0v) is 23.7. The van der Waals surface area contributed by atoms with Crippen LogP contribution in [0.1, 0.15) is 22.3 Å². The number of fused-ring (bicyclic) bond motifs is 13. The molecule has 4 aromatic carbocycles. The number of aromatic nitrogens is 2. The molecule has 0 radical (unpaired) electrons. The Morgan fingerprint density at radius 1 is 0.439 bits per heavy atom. The summed E-state index contributed by atoms with van der Waals surface area (Å²) in [4.78, 5) is 0. The molecule has 0 bridgehead atoms. The summed E-state index contributed by atoms with van der Waals surface area (Å²) in [5, 5.41) is 7.01. The molecule has 0 saturated heterocycles. The predicted octanol–water partition coefficient (Wildman–Crippen LogP) is 8.88. The Kier molecular flexibility index (Phi) is 5.08. The maximum absolute atomic E-state index is 6.80. The number of aryl methyl sites for hydroxylation is 4. The van der Waals surface area contributed by atoms with E-state index in [4.69, 9.17) is 4.42 Å². The van der Waals surface area contributed by atoms with E-state index < -0.39 is 0 Å². The van der Waals surface area contributed by atoms with Gasteiger partial charge in [0.15, 0.2) is 12.4 Å². The molecule has 0 aliphatic carbocycles. The van der Waals surface area contributed by atoms with Crippen LogP contribution >= 0.6 is 0 Å². The molecule has 0 saturated carbocycles. The molecule has 0 aliphatic rings. The fraction of sp³-hybridized carbons (Fsp3) is 0.105. The number of pyridine rings is 2. The Bertz CT molecular complexity index is 2470. The van der Waals surface area contributed by atoms with E-state index in [0.717, 1.165) is 43.9 Å². The summed E-state index contributed by atoms with van der Waals surface area (Å²) in [6.45, 7) is 8.74. The summed E-state index contributed by atoms with van der Waals surface area (Å²) in [5.41, 5.74) is 11.3. The van der Waals surface area contributed by atoms with Crippen LogP contribution in [0.2, 0.25) is 0 Å². The van der Waals surface area contributed by atoms with E-state index in [-0.39, 0.29) is 0 Å². The molecule has 196 valence electrons. The first-order valence-electron chi connectivity index (χ1n) is 14.2. The quantitative estimate of drug-likeness (QED) is 0.179. The Morgan fingerprint density at radius 2 is 1.15 bits per heavy atom. The summed E-state index contributed by atoms with van der Waals surface area (Å²) in [7, 11) is 0. The monoisotopic (exact) mass is 530 g/mol. The van der Waals surface area contributed by atoms with Gasteiger partial charge in [-0.2, -0.15) is 8.80 Å². The number of hydrogen-bond donors (Lipinski definition) is 0. The zero-order valence-electron chi connectivity index (χ0n) is 23.7. The number of rotatable bonds is 0. The van der Waals surface area contributed by atoms with Gasteiger partial charge in [0.25, 0.3) is 0 Å². The van der Waals surface area contributed by atoms with Crippen LogP contribution in [-0.2, 0) is 0 Å². The van der Waals surface area contributed by atoms with Crippen molar-refractivity contribution in [3.8, 4) is 0 Å². The first-order valence-corrected chi connectivity index (χ1v) is 14.2. The summed E-state index contributed by atoms with van der Waals surface area (Å²) in [6.07, 6.45) is 4.53. The lowest BCUT2D eigenvalue weighted by Crippen LogP contribution is -2.28. The van der Waals surface area contributed by atoms with Gasteiger partial charge < -0.3 is 4.42 Å². The first kappa shape index (κ1) is 23.8. The molecule has 4 aromatic heterocycles. The van der Waals surface area contributed by atoms with E-state index in [1.165, 1.54) is 43.9 Å². The molecule has 0 fully saturated rings. The van der Waals surface area contributed by atoms with Crippen LogP contribution in [0.25, 0.3) is 65.6 Å². The zero-order chi connectivity index (χ0) is 27.8. The third kappa shape index (κ3) is 3.52. The number of para-hydroxylation sites is 2. The second kappa shape index (κ2) is 8.74. The average Bonchev–Trinajstić information content (AvgIpc) is 3.12. The highest BCUT2D eigenvalue weighted by atomic mass is 16.3. The Labute approximate surface area is 237 Å². The smallest absolute Gasteiger partial charge is 0.228 e. The summed E-state index contributed by atoms with van der Waals surface area (Å²) >= 11 is 0. The highest BCUT2D eigenvalue weighted by Gasteiger charge is 2.22. The molecule has 0 N–H and O–H groups in total. The van der Waals surface area contributed by atoms with Crippen molar-refractivity contribution in [2.75, 3.05) is 0 Å². The van der Waals surface area contributed by atoms with Gasteiger partial charge in [0.2, 0.25) is 22.1 Å². The lowest BCUT2D eigenvalue weighted by Gasteiger charge is -2.06. The fourth-order valence-corrected chi connectivity index (χ4v) is 6.49. The van der Waals surface area contributed by atoms with Crippen LogP contribution < -0.4 is 8.80 Å². The van der Waals surface area contributed by atoms with Crippen molar-refractivity contribution >= 4 is 65.6 Å². The molecule has 0 spiro atoms. The SMILES string of the molecule is Cc1ccc2c3cc4c(cc3[n+]3cc(C)c(C)cc3c3ccccc3[n+]2c1)oc1ccccc1c1cccc(C)c41. The minimum Gasteiger partial charge on any atom is -0.456 e. The lowest BCUT2D eigenvalue weighted by atomic mass is 9.99. The summed E-state index contributed by atoms with van der Waals surface area (Å²) in [5.74, 6) is 0. The molecular formula is C38H30N2O+2. The molecule has 0 unspecified atom stereocenters. The molecule has 41 heavy (non-hydrogen) atoms. The maximum atomic E-state index is 6.80. The largest absolute Gasteiger partial charge is 0.456 e. The Balaban J connectivity index is 1.78. The van der Waals surface area contributed by atoms with Gasteiger partial charge in [0.1, 0.15) is 21.9 Å². The van der Waals surface area contributed by atoms with Crippen LogP contribution in [0.15, 0.2) is 114 Å². The first-order chi connectivity index (χ1) is 20.0. The molecule has 0 aliphatic heterocycles. The molecule has 0 amide bonds. The van der Waals surface area contributed by atoms with Crippen molar-refractivity contribution < 1.29 is 13.2 Å². The fourth-order valence-electron chi connectivity index (χ4n) is 6.49. The van der Waals surface area contributed by atoms with Crippen molar-refractivity contribution in [2.24, 2.45) is 0 Å². The standard InChI is InChI=1S/C38H30N2O/c1-23-16-17-33-30-19-31-37(41-36-15-8-6-11-27(36)28-13-9-10-24(2)38(28)31)20-35(30)40-22-26(4)25(3)18-34(40)29-12-5-7-14-32(29)39(33)21-23/h5-22H,1-4H3/q+2. The van der Waals surface area contributed by atoms with Crippen LogP contribution in [0.4, 0.5) is 0 Å². The van der Waals surface area contributed by atoms with Gasteiger partial charge in [-0.1, -0.05) is 48.5 Å². The van der Waals surface area contributed by atoms with E-state index in [0.29, 0.717) is 0 Å². The van der Waals surface area contributed by atoms with Gasteiger partial charge in [-0.05, 0) is 73.9 Å². The highest BCUT2D eigenvalue weighted by molar-refractivity contribution is 6.17. The molecule has 3 nitrogen and oxygen atoms in total. The van der Waals surface area contributed by atoms with Crippen molar-refractivity contribution in [1.82, 2.24) is 0 Å². The second-order valence-corrected chi connectivity index (χ2v) is 11.3. The third-order valence-corrected chi connectivity index (χ3v) is 8.67. The third-order valence-electron chi connectivity index (χ3n) is 8.67. The van der Waals surface area contributed by atoms with E-state index in [2.05, 4.69) is 146 Å². The molecule has 3 heteroatoms. The summed E-state index contributed by atoms with van der Waals surface area (Å²) < 4.78 is 11.5. The average molecular weight is 531 g/mol. The normalized spacial score (nSPS) is 11.9. The van der Waals surface area contributed by atoms with Gasteiger partial charge in [-0.3, -0.25) is 0 Å². The predicted molar refractivity (Wildman–Crippen MR) is 169 cm³/mol. The Morgan fingerprint density at radius 3 is 2.02 bits per heavy atom. The number of benzene rings is 4. The second-order valence-electron chi connectivity index (χ2n) is 11.3. The van der Waals surface area contributed by atoms with Crippen LogP contribution in [0.5, 0.6) is 0 Å². The minimum absolute atomic E-state index is 0.869. The van der Waals surface area contributed by atoms with Gasteiger partial charge in [0, 0.05) is 40.1 Å². The Hall–Kier alpha value is -5.02. The van der Waals surface area contributed by atoms with E-state index in [9.17, 15) is 0 Å². The van der Waals surface area contributed by atoms with Crippen molar-refractivity contribution in [2.45, 2.75) is 27.7 Å². The number of nitrogens with zero attached hydrogens (tertiary/aromatic N) is 2. The lowest BCUT2D eigenvalue weighted by molar-refractivity contribution is -0.488. The van der Waals surface area contributed by atoms with Crippen molar-refractivity contribution in [3.05, 3.63) is 132 Å². The molecule has 8 aromatic rings. The molecule has 0 atom stereocenters. The summed E-state index contributed by atoms with van der Waals surface area (Å²) in [6, 6.07) is 35.1. The molecule has 4 heterocycles. The van der Waals surface area contributed by atoms with E-state index in [1.807, 2.05) is 0 Å². The van der Waals surface area contributed by atoms with Crippen molar-refractivity contribution in [1.29, 1.82) is 0 Å². The highest BCUT2D eigenvalue weighted by Crippen LogP contribution is 2.35. The maximum Gasteiger partial charge on any atom is 0.228 e. The van der Waals surface area contributed by atoms with Gasteiger partial charge in [0.05, 0.1) is 6.07 Å². The van der Waals surface area contributed by atoms with Crippen molar-refractivity contribution in [3.63, 3.8) is 0 Å². The van der Waals surface area contributed by atoms with Gasteiger partial charge >= 0.3 is 0 Å². The van der Waals surface area contributed by atoms with Gasteiger partial charge in [-0.25, -0.2) is 0 Å². The minimum atomic E-state index is 0.869. The van der Waals surface area contributed by atoms with E-state index >= 15 is 0 Å². The molecular weight excluding hydrogens is 500 g/mol. The van der Waals surface area contributed by atoms with Gasteiger partial charge in [-0.15, -0.1) is 0 Å². The number of hydrogen-bond acceptors (Lipinski definition) is 1. The topological polar surface area (TPSA) is 21.3 Å².